The number of nitrogens with zero attached hydrogens (tertiary/aromatic N) is 1. The normalized spacial score (nSPS) is 12.3. The van der Waals surface area contributed by atoms with E-state index in [2.05, 4.69) is 44.4 Å². The van der Waals surface area contributed by atoms with Crippen molar-refractivity contribution < 1.29 is 29.7 Å². The van der Waals surface area contributed by atoms with Crippen LogP contribution in [-0.4, -0.2) is 52.0 Å². The zero-order chi connectivity index (χ0) is 29.4. The van der Waals surface area contributed by atoms with Crippen LogP contribution in [-0.2, 0) is 21.3 Å². The molecule has 3 rings (SSSR count). The van der Waals surface area contributed by atoms with Gasteiger partial charge < -0.3 is 31.7 Å². The quantitative estimate of drug-likeness (QED) is 0.189. The average molecular weight is 624 g/mol. The van der Waals surface area contributed by atoms with Gasteiger partial charge in [0.25, 0.3) is 5.91 Å². The number of carbonyl (C=O) groups is 3. The number of hydrogen-bond donors (Lipinski definition) is 6. The number of hydrogen-bond acceptors (Lipinski definition) is 7. The van der Waals surface area contributed by atoms with Gasteiger partial charge in [-0.1, -0.05) is 40.0 Å². The lowest BCUT2D eigenvalue weighted by atomic mass is 10.1. The lowest BCUT2D eigenvalue weighted by molar-refractivity contribution is -0.137. The fourth-order valence-corrected chi connectivity index (χ4v) is 4.04. The summed E-state index contributed by atoms with van der Waals surface area (Å²) in [6.45, 7) is 0.539. The first-order valence-electron chi connectivity index (χ1n) is 11.9. The molecule has 0 fully saturated rings. The number of nitrogens with one attached hydrogen (secondary N) is 2. The highest BCUT2D eigenvalue weighted by Gasteiger charge is 2.12. The summed E-state index contributed by atoms with van der Waals surface area (Å²) in [5.74, 6) is -1.20. The van der Waals surface area contributed by atoms with Crippen LogP contribution in [0.5, 0.6) is 11.5 Å². The third-order valence-corrected chi connectivity index (χ3v) is 6.17. The van der Waals surface area contributed by atoms with E-state index < -0.39 is 17.8 Å². The largest absolute Gasteiger partial charge is 0.508 e. The molecule has 0 spiro atoms. The Balaban J connectivity index is 0.000000391. The predicted octanol–water partition coefficient (Wildman–Crippen LogP) is 4.20. The number of aliphatic carboxylic acids is 1. The van der Waals surface area contributed by atoms with Gasteiger partial charge in [0.1, 0.15) is 17.3 Å². The van der Waals surface area contributed by atoms with Crippen LogP contribution in [0.4, 0.5) is 5.69 Å². The van der Waals surface area contributed by atoms with E-state index in [-0.39, 0.29) is 41.5 Å². The number of anilines is 1. The van der Waals surface area contributed by atoms with E-state index in [4.69, 9.17) is 22.4 Å². The number of amides is 2. The second kappa shape index (κ2) is 17.7. The van der Waals surface area contributed by atoms with Crippen LogP contribution >= 0.6 is 27.5 Å². The lowest BCUT2D eigenvalue weighted by Gasteiger charge is -2.11. The Bertz CT molecular complexity index is 1200. The van der Waals surface area contributed by atoms with Gasteiger partial charge in [-0.05, 0) is 48.6 Å². The third-order valence-electron chi connectivity index (χ3n) is 5.23. The minimum Gasteiger partial charge on any atom is -0.508 e. The first-order chi connectivity index (χ1) is 18.6. The van der Waals surface area contributed by atoms with Gasteiger partial charge in [0, 0.05) is 42.0 Å². The second-order valence-corrected chi connectivity index (χ2v) is 9.26. The summed E-state index contributed by atoms with van der Waals surface area (Å²) in [7, 11) is 0. The van der Waals surface area contributed by atoms with Gasteiger partial charge >= 0.3 is 5.97 Å². The second-order valence-electron chi connectivity index (χ2n) is 8.29. The summed E-state index contributed by atoms with van der Waals surface area (Å²) < 4.78 is 0. The number of aryl methyl sites for hydroxylation is 1. The number of benzene rings is 2. The van der Waals surface area contributed by atoms with Gasteiger partial charge in [-0.2, -0.15) is 0 Å². The molecule has 12 heteroatoms. The number of phenolic OH excluding ortho intramolecular Hbond substituents is 2. The molecule has 0 saturated carbocycles. The Labute approximate surface area is 240 Å². The van der Waals surface area contributed by atoms with Gasteiger partial charge in [0.15, 0.2) is 0 Å². The van der Waals surface area contributed by atoms with Crippen molar-refractivity contribution in [1.82, 2.24) is 5.32 Å². The highest BCUT2D eigenvalue weighted by molar-refractivity contribution is 9.08. The number of primary amides is 1. The summed E-state index contributed by atoms with van der Waals surface area (Å²) in [6.07, 6.45) is 12.4. The maximum absolute atomic E-state index is 11.9. The lowest BCUT2D eigenvalue weighted by Crippen LogP contribution is -2.33. The zero-order valence-electron chi connectivity index (χ0n) is 21.3. The molecule has 1 heterocycles. The number of aliphatic imine (C=N–C) groups is 1. The van der Waals surface area contributed by atoms with Crippen LogP contribution in [0.2, 0.25) is 5.02 Å². The van der Waals surface area contributed by atoms with Crippen LogP contribution in [0.3, 0.4) is 0 Å². The van der Waals surface area contributed by atoms with Gasteiger partial charge in [-0.15, -0.1) is 12.8 Å². The smallest absolute Gasteiger partial charge is 0.303 e. The van der Waals surface area contributed by atoms with Crippen molar-refractivity contribution >= 4 is 56.8 Å². The number of aromatic hydroxyl groups is 2. The van der Waals surface area contributed by atoms with Crippen molar-refractivity contribution in [2.75, 3.05) is 18.4 Å². The fourth-order valence-electron chi connectivity index (χ4n) is 3.45. The van der Waals surface area contributed by atoms with Crippen molar-refractivity contribution in [2.45, 2.75) is 43.9 Å². The monoisotopic (exact) mass is 622 g/mol. The van der Waals surface area contributed by atoms with E-state index in [9.17, 15) is 24.6 Å². The molecule has 0 atom stereocenters. The van der Waals surface area contributed by atoms with E-state index in [1.165, 1.54) is 12.1 Å². The maximum Gasteiger partial charge on any atom is 0.303 e. The molecule has 10 nitrogen and oxygen atoms in total. The first-order valence-corrected chi connectivity index (χ1v) is 13.4. The Morgan fingerprint density at radius 3 is 2.44 bits per heavy atom. The Kier molecular flexibility index (Phi) is 15.1. The van der Waals surface area contributed by atoms with E-state index in [0.717, 1.165) is 43.6 Å². The Hall–Kier alpha value is -3.75. The van der Waals surface area contributed by atoms with Crippen LogP contribution in [0.25, 0.3) is 0 Å². The van der Waals surface area contributed by atoms with E-state index >= 15 is 0 Å². The summed E-state index contributed by atoms with van der Waals surface area (Å²) in [5, 5.41) is 34.3. The van der Waals surface area contributed by atoms with Gasteiger partial charge in [-0.25, -0.2) is 0 Å². The molecule has 210 valence electrons. The summed E-state index contributed by atoms with van der Waals surface area (Å²) in [5.41, 5.74) is 7.31. The number of amidine groups is 1. The number of alkyl halides is 1. The summed E-state index contributed by atoms with van der Waals surface area (Å²) in [6, 6.07) is 7.85. The molecule has 0 aliphatic carbocycles. The molecular formula is C27H32BrClN4O6. The molecule has 39 heavy (non-hydrogen) atoms. The van der Waals surface area contributed by atoms with Crippen LogP contribution < -0.4 is 16.4 Å². The predicted molar refractivity (Wildman–Crippen MR) is 156 cm³/mol. The molecular weight excluding hydrogens is 592 g/mol. The highest BCUT2D eigenvalue weighted by Crippen LogP contribution is 2.30. The third kappa shape index (κ3) is 12.6. The Morgan fingerprint density at radius 1 is 1.08 bits per heavy atom. The molecule has 2 aromatic carbocycles. The molecule has 0 saturated heterocycles. The van der Waals surface area contributed by atoms with Gasteiger partial charge in [-0.3, -0.25) is 19.4 Å². The van der Waals surface area contributed by atoms with Crippen LogP contribution in [0.15, 0.2) is 35.3 Å². The Morgan fingerprint density at radius 2 is 1.79 bits per heavy atom. The molecule has 0 radical (unpaired) electrons. The minimum atomic E-state index is -0.894. The van der Waals surface area contributed by atoms with Crippen LogP contribution in [0, 0.1) is 12.8 Å². The van der Waals surface area contributed by atoms with Crippen molar-refractivity contribution in [1.29, 1.82) is 0 Å². The van der Waals surface area contributed by atoms with E-state index in [1.807, 2.05) is 0 Å². The van der Waals surface area contributed by atoms with E-state index in [1.54, 1.807) is 18.2 Å². The molecule has 2 amide bonds. The number of halogens is 2. The molecule has 2 aromatic rings. The van der Waals surface area contributed by atoms with Gasteiger partial charge in [0.05, 0.1) is 11.6 Å². The van der Waals surface area contributed by atoms with E-state index in [0.29, 0.717) is 16.6 Å². The highest BCUT2D eigenvalue weighted by atomic mass is 79.9. The SMILES string of the molecule is C#C.NC(=O)CNC(=O)c1cc(O)cc(NC2=NCCCCC2)c1.O=C(O)CCc1cc(CBr)cc(Cl)c1O. The molecule has 1 aliphatic rings. The summed E-state index contributed by atoms with van der Waals surface area (Å²) in [4.78, 5) is 37.5. The molecule has 1 aliphatic heterocycles. The van der Waals surface area contributed by atoms with Crippen molar-refractivity contribution in [2.24, 2.45) is 10.7 Å². The number of terminal acetylenes is 1. The molecule has 0 bridgehead atoms. The molecule has 0 unspecified atom stereocenters. The average Bonchev–Trinajstić information content (AvgIpc) is 3.17. The number of nitrogens with two attached hydrogens (primary N) is 1. The number of phenols is 2. The topological polar surface area (TPSA) is 174 Å². The van der Waals surface area contributed by atoms with Crippen molar-refractivity contribution in [3.63, 3.8) is 0 Å². The number of rotatable bonds is 8. The van der Waals surface area contributed by atoms with Crippen molar-refractivity contribution in [3.05, 3.63) is 52.0 Å². The maximum atomic E-state index is 11.9. The standard InChI is InChI=1S/C15H20N4O3.C10H10BrClO3.C2H2/c16-13(21)9-18-15(22)10-6-11(8-12(20)7-10)19-14-4-2-1-3-5-17-14;11-5-6-3-7(1-2-9(13)14)10(15)8(12)4-6;1-2/h6-8,20H,1-5,9H2,(H2,16,21)(H,17,19)(H,18,22);3-4,15H,1-2,5H2,(H,13,14);1-2H. The number of carboxylic acids is 1. The van der Waals surface area contributed by atoms with Gasteiger partial charge in [0.2, 0.25) is 5.91 Å². The molecule has 7 N–H and O–H groups in total. The fraction of sp³-hybridized carbons (Fsp3) is 0.333. The number of carboxylic acid groups (broad SMARTS) is 1. The van der Waals surface area contributed by atoms with Crippen LogP contribution in [0.1, 0.15) is 53.6 Å². The number of carbonyl (C=O) groups excluding carboxylic acids is 2. The minimum absolute atomic E-state index is 0.0182. The molecule has 0 aromatic heterocycles. The zero-order valence-corrected chi connectivity index (χ0v) is 23.6. The van der Waals surface area contributed by atoms with Crippen molar-refractivity contribution in [3.8, 4) is 24.3 Å². The summed E-state index contributed by atoms with van der Waals surface area (Å²) >= 11 is 9.07. The first kappa shape index (κ1) is 33.3.